The van der Waals surface area contributed by atoms with Crippen LogP contribution in [0, 0.1) is 5.41 Å². The number of nitrogens with zero attached hydrogens (tertiary/aromatic N) is 1. The molecule has 148 valence electrons. The Bertz CT molecular complexity index is 1370. The van der Waals surface area contributed by atoms with Gasteiger partial charge in [0, 0.05) is 17.1 Å². The Hall–Kier alpha value is -4.24. The lowest BCUT2D eigenvalue weighted by Gasteiger charge is -2.13. The van der Waals surface area contributed by atoms with Gasteiger partial charge in [0.25, 0.3) is 0 Å². The molecule has 3 heteroatoms. The van der Waals surface area contributed by atoms with Crippen molar-refractivity contribution in [3.8, 4) is 33.4 Å². The molecule has 1 aromatic heterocycles. The highest BCUT2D eigenvalue weighted by atomic mass is 14.7. The number of rotatable bonds is 4. The van der Waals surface area contributed by atoms with Crippen LogP contribution in [0.15, 0.2) is 109 Å². The molecule has 3 N–H and O–H groups in total. The quantitative estimate of drug-likeness (QED) is 0.267. The van der Waals surface area contributed by atoms with Crippen LogP contribution in [0.5, 0.6) is 0 Å². The summed E-state index contributed by atoms with van der Waals surface area (Å²) < 4.78 is 0. The van der Waals surface area contributed by atoms with Gasteiger partial charge < -0.3 is 5.73 Å². The molecule has 0 saturated carbocycles. The summed E-state index contributed by atoms with van der Waals surface area (Å²) in [5.41, 5.74) is 14.2. The highest BCUT2D eigenvalue weighted by Gasteiger charge is 2.11. The third-order valence-corrected chi connectivity index (χ3v) is 5.55. The van der Waals surface area contributed by atoms with Crippen LogP contribution in [-0.4, -0.2) is 10.8 Å². The van der Waals surface area contributed by atoms with Gasteiger partial charge in [-0.3, -0.25) is 10.4 Å². The zero-order chi connectivity index (χ0) is 21.2. The third-order valence-electron chi connectivity index (χ3n) is 5.55. The van der Waals surface area contributed by atoms with E-state index in [2.05, 4.69) is 71.7 Å². The minimum atomic E-state index is 0.0726. The van der Waals surface area contributed by atoms with Gasteiger partial charge in [0.15, 0.2) is 0 Å². The van der Waals surface area contributed by atoms with E-state index in [9.17, 15) is 0 Å². The third kappa shape index (κ3) is 3.69. The molecular formula is C28H21N3. The number of hydrogen-bond acceptors (Lipinski definition) is 2. The van der Waals surface area contributed by atoms with E-state index in [0.29, 0.717) is 0 Å². The predicted molar refractivity (Wildman–Crippen MR) is 129 cm³/mol. The van der Waals surface area contributed by atoms with Gasteiger partial charge in [-0.05, 0) is 51.6 Å². The lowest BCUT2D eigenvalue weighted by Crippen LogP contribution is -2.10. The Morgan fingerprint density at radius 2 is 1.19 bits per heavy atom. The predicted octanol–water partition coefficient (Wildman–Crippen LogP) is 6.52. The number of nitrogens with one attached hydrogen (secondary N) is 1. The molecule has 0 spiro atoms. The SMILES string of the molecule is N=C(N)c1ccc(-c2cc3ncccc3cc2-c2ccc(-c3ccccc3)cc2)cc1. The molecule has 31 heavy (non-hydrogen) atoms. The molecule has 0 saturated heterocycles. The summed E-state index contributed by atoms with van der Waals surface area (Å²) in [5.74, 6) is 0.0726. The second-order valence-electron chi connectivity index (χ2n) is 7.53. The monoisotopic (exact) mass is 399 g/mol. The van der Waals surface area contributed by atoms with E-state index in [4.69, 9.17) is 11.1 Å². The summed E-state index contributed by atoms with van der Waals surface area (Å²) in [6.45, 7) is 0. The van der Waals surface area contributed by atoms with Crippen molar-refractivity contribution in [2.45, 2.75) is 0 Å². The van der Waals surface area contributed by atoms with Crippen molar-refractivity contribution in [3.63, 3.8) is 0 Å². The number of aromatic nitrogens is 1. The number of amidine groups is 1. The smallest absolute Gasteiger partial charge is 0.122 e. The van der Waals surface area contributed by atoms with Crippen molar-refractivity contribution in [2.75, 3.05) is 0 Å². The highest BCUT2D eigenvalue weighted by Crippen LogP contribution is 2.36. The van der Waals surface area contributed by atoms with Gasteiger partial charge in [-0.15, -0.1) is 0 Å². The molecule has 0 radical (unpaired) electrons. The number of nitrogens with two attached hydrogens (primary N) is 1. The van der Waals surface area contributed by atoms with Crippen molar-refractivity contribution in [1.29, 1.82) is 5.41 Å². The molecule has 0 bridgehead atoms. The highest BCUT2D eigenvalue weighted by molar-refractivity contribution is 5.97. The van der Waals surface area contributed by atoms with Gasteiger partial charge in [-0.2, -0.15) is 0 Å². The first-order chi connectivity index (χ1) is 15.2. The van der Waals surface area contributed by atoms with Crippen LogP contribution in [0.3, 0.4) is 0 Å². The van der Waals surface area contributed by atoms with Crippen molar-refractivity contribution in [1.82, 2.24) is 4.98 Å². The fourth-order valence-corrected chi connectivity index (χ4v) is 3.90. The molecule has 0 aliphatic rings. The molecule has 0 amide bonds. The van der Waals surface area contributed by atoms with Gasteiger partial charge in [0.05, 0.1) is 5.52 Å². The van der Waals surface area contributed by atoms with Crippen LogP contribution in [0.1, 0.15) is 5.56 Å². The maximum absolute atomic E-state index is 7.65. The summed E-state index contributed by atoms with van der Waals surface area (Å²) in [5, 5.41) is 8.76. The Labute approximate surface area is 181 Å². The Morgan fingerprint density at radius 3 is 1.87 bits per heavy atom. The average molecular weight is 399 g/mol. The molecule has 5 aromatic rings. The average Bonchev–Trinajstić information content (AvgIpc) is 2.84. The first-order valence-electron chi connectivity index (χ1n) is 10.2. The molecule has 1 heterocycles. The minimum absolute atomic E-state index is 0.0726. The van der Waals surface area contributed by atoms with Gasteiger partial charge in [-0.25, -0.2) is 0 Å². The first kappa shape index (κ1) is 18.8. The molecule has 3 nitrogen and oxygen atoms in total. The topological polar surface area (TPSA) is 62.8 Å². The van der Waals surface area contributed by atoms with Gasteiger partial charge in [0.1, 0.15) is 5.84 Å². The van der Waals surface area contributed by atoms with Crippen LogP contribution in [0.2, 0.25) is 0 Å². The largest absolute Gasteiger partial charge is 0.384 e. The maximum atomic E-state index is 7.65. The molecule has 5 rings (SSSR count). The summed E-state index contributed by atoms with van der Waals surface area (Å²) >= 11 is 0. The minimum Gasteiger partial charge on any atom is -0.384 e. The Balaban J connectivity index is 1.65. The first-order valence-corrected chi connectivity index (χ1v) is 10.2. The lowest BCUT2D eigenvalue weighted by atomic mass is 9.91. The van der Waals surface area contributed by atoms with E-state index in [0.717, 1.165) is 38.7 Å². The summed E-state index contributed by atoms with van der Waals surface area (Å²) in [4.78, 5) is 4.55. The van der Waals surface area contributed by atoms with E-state index in [-0.39, 0.29) is 5.84 Å². The number of pyridine rings is 1. The second-order valence-corrected chi connectivity index (χ2v) is 7.53. The van der Waals surface area contributed by atoms with E-state index in [1.54, 1.807) is 0 Å². The fraction of sp³-hybridized carbons (Fsp3) is 0. The molecular weight excluding hydrogens is 378 g/mol. The zero-order valence-electron chi connectivity index (χ0n) is 16.9. The standard InChI is InChI=1S/C28H21N3/c29-28(30)23-14-12-22(13-15-23)26-18-27-24(7-4-16-31-27)17-25(26)21-10-8-20(9-11-21)19-5-2-1-3-6-19/h1-18H,(H3,29,30). The fourth-order valence-electron chi connectivity index (χ4n) is 3.90. The Kier molecular flexibility index (Phi) is 4.77. The van der Waals surface area contributed by atoms with Gasteiger partial charge in [-0.1, -0.05) is 84.9 Å². The van der Waals surface area contributed by atoms with E-state index >= 15 is 0 Å². The molecule has 0 fully saturated rings. The summed E-state index contributed by atoms with van der Waals surface area (Å²) in [6, 6.07) is 35.3. The van der Waals surface area contributed by atoms with E-state index < -0.39 is 0 Å². The van der Waals surface area contributed by atoms with Crippen LogP contribution in [0.4, 0.5) is 0 Å². The molecule has 0 atom stereocenters. The zero-order valence-corrected chi connectivity index (χ0v) is 16.9. The normalized spacial score (nSPS) is 10.8. The number of nitrogen functional groups attached to an aromatic ring is 1. The summed E-state index contributed by atoms with van der Waals surface area (Å²) in [7, 11) is 0. The van der Waals surface area contributed by atoms with Crippen LogP contribution >= 0.6 is 0 Å². The van der Waals surface area contributed by atoms with E-state index in [1.807, 2.05) is 42.6 Å². The number of hydrogen-bond donors (Lipinski definition) is 2. The molecule has 0 aliphatic heterocycles. The lowest BCUT2D eigenvalue weighted by molar-refractivity contribution is 1.41. The van der Waals surface area contributed by atoms with Crippen molar-refractivity contribution >= 4 is 16.7 Å². The maximum Gasteiger partial charge on any atom is 0.122 e. The van der Waals surface area contributed by atoms with E-state index in [1.165, 1.54) is 11.1 Å². The molecule has 0 unspecified atom stereocenters. The van der Waals surface area contributed by atoms with Gasteiger partial charge >= 0.3 is 0 Å². The van der Waals surface area contributed by atoms with Gasteiger partial charge in [0.2, 0.25) is 0 Å². The second kappa shape index (κ2) is 7.88. The summed E-state index contributed by atoms with van der Waals surface area (Å²) in [6.07, 6.45) is 1.82. The van der Waals surface area contributed by atoms with Crippen LogP contribution < -0.4 is 5.73 Å². The van der Waals surface area contributed by atoms with Crippen LogP contribution in [-0.2, 0) is 0 Å². The van der Waals surface area contributed by atoms with Crippen molar-refractivity contribution < 1.29 is 0 Å². The van der Waals surface area contributed by atoms with Crippen molar-refractivity contribution in [2.24, 2.45) is 5.73 Å². The van der Waals surface area contributed by atoms with Crippen molar-refractivity contribution in [3.05, 3.63) is 115 Å². The molecule has 0 aliphatic carbocycles. The number of fused-ring (bicyclic) bond motifs is 1. The Morgan fingerprint density at radius 1 is 0.613 bits per heavy atom. The number of benzene rings is 4. The van der Waals surface area contributed by atoms with Crippen LogP contribution in [0.25, 0.3) is 44.3 Å². The molecule has 4 aromatic carbocycles.